The van der Waals surface area contributed by atoms with Crippen molar-refractivity contribution >= 4 is 37.4 Å². The molecule has 0 spiro atoms. The van der Waals surface area contributed by atoms with Gasteiger partial charge in [-0.15, -0.1) is 0 Å². The van der Waals surface area contributed by atoms with Gasteiger partial charge in [-0.2, -0.15) is 0 Å². The van der Waals surface area contributed by atoms with Gasteiger partial charge in [0, 0.05) is 25.0 Å². The topological polar surface area (TPSA) is 243 Å². The quantitative estimate of drug-likeness (QED) is 0.0800. The number of benzene rings is 2. The van der Waals surface area contributed by atoms with Gasteiger partial charge in [0.2, 0.25) is 0 Å². The fourth-order valence-electron chi connectivity index (χ4n) is 6.29. The number of carbonyl (C=O) groups is 5. The molecule has 1 aliphatic rings. The molecule has 2 atom stereocenters. The molecule has 2 aromatic rings. The highest BCUT2D eigenvalue weighted by Crippen LogP contribution is 2.58. The molecule has 0 aromatic heterocycles. The molecule has 1 unspecified atom stereocenters. The zero-order chi connectivity index (χ0) is 36.2. The van der Waals surface area contributed by atoms with Gasteiger partial charge >= 0.3 is 37.4 Å². The minimum absolute atomic E-state index is 0.223. The summed E-state index contributed by atoms with van der Waals surface area (Å²) in [4.78, 5) is 72.1. The van der Waals surface area contributed by atoms with Crippen LogP contribution in [0.5, 0.6) is 0 Å². The summed E-state index contributed by atoms with van der Waals surface area (Å²) in [6.07, 6.45) is -0.330. The van der Waals surface area contributed by atoms with E-state index in [0.717, 1.165) is 25.8 Å². The molecule has 268 valence electrons. The average Bonchev–Trinajstić information content (AvgIpc) is 3.02. The van der Waals surface area contributed by atoms with Crippen LogP contribution in [-0.4, -0.2) is 139 Å². The first-order valence-electron chi connectivity index (χ1n) is 15.5. The largest absolute Gasteiger partial charge is 0.480 e. The van der Waals surface area contributed by atoms with Crippen molar-refractivity contribution in [3.05, 3.63) is 71.8 Å². The van der Waals surface area contributed by atoms with Crippen molar-refractivity contribution in [2.45, 2.75) is 43.0 Å². The first kappa shape index (κ1) is 39.3. The molecular formula is C32H42N3O13P. The van der Waals surface area contributed by atoms with Crippen molar-refractivity contribution < 1.29 is 63.5 Å². The molecule has 0 bridgehead atoms. The third-order valence-corrected chi connectivity index (χ3v) is 10.5. The molecule has 49 heavy (non-hydrogen) atoms. The van der Waals surface area contributed by atoms with E-state index in [2.05, 4.69) is 0 Å². The Hall–Kier alpha value is -4.18. The lowest BCUT2D eigenvalue weighted by Gasteiger charge is -2.43. The normalized spacial score (nSPS) is 16.7. The van der Waals surface area contributed by atoms with E-state index in [1.807, 2.05) is 60.7 Å². The van der Waals surface area contributed by atoms with Gasteiger partial charge in [0.15, 0.2) is 0 Å². The van der Waals surface area contributed by atoms with Crippen LogP contribution in [0.1, 0.15) is 36.8 Å². The van der Waals surface area contributed by atoms with Crippen LogP contribution in [0.25, 0.3) is 0 Å². The van der Waals surface area contributed by atoms with Gasteiger partial charge in [-0.05, 0) is 36.8 Å². The van der Waals surface area contributed by atoms with Gasteiger partial charge < -0.3 is 30.4 Å². The monoisotopic (exact) mass is 707 g/mol. The molecule has 17 heteroatoms. The van der Waals surface area contributed by atoms with Crippen molar-refractivity contribution in [1.29, 1.82) is 0 Å². The van der Waals surface area contributed by atoms with Gasteiger partial charge in [0.1, 0.15) is 6.23 Å². The second-order valence-electron chi connectivity index (χ2n) is 12.0. The van der Waals surface area contributed by atoms with Gasteiger partial charge in [-0.25, -0.2) is 0 Å². The number of rotatable bonds is 21. The Balaban J connectivity index is 1.89. The lowest BCUT2D eigenvalue weighted by molar-refractivity contribution is -0.148. The van der Waals surface area contributed by atoms with Gasteiger partial charge in [0.25, 0.3) is 0 Å². The molecule has 3 rings (SSSR count). The highest BCUT2D eigenvalue weighted by Gasteiger charge is 2.45. The number of hydrogen-bond donors (Lipinski definition) is 6. The maximum Gasteiger partial charge on any atom is 0.332 e. The Labute approximate surface area is 282 Å². The molecule has 6 N–H and O–H groups in total. The standard InChI is InChI=1S/C32H42N3O13P/c36-27(37)18-33(15-16-34(19-28(38)39)20-29(40)41)17-26(35(21-30(42)43)22-31(44)45)48-49(46,47)25-11-13-32(14-12-25,23-7-3-1-4-8-23)24-9-5-2-6-10-24/h1-10,25-26H,11-22H2,(H,36,37)(H,38,39)(H,40,41)(H,42,43)(H,44,45)(H,46,47)/t26-/m1/s1. The fraction of sp³-hybridized carbons (Fsp3) is 0.469. The third kappa shape index (κ3) is 12.0. The Morgan fingerprint density at radius 2 is 1.06 bits per heavy atom. The summed E-state index contributed by atoms with van der Waals surface area (Å²) < 4.78 is 19.7. The van der Waals surface area contributed by atoms with E-state index in [4.69, 9.17) is 14.7 Å². The molecular weight excluding hydrogens is 665 g/mol. The molecule has 0 heterocycles. The lowest BCUT2D eigenvalue weighted by Crippen LogP contribution is -2.51. The maximum atomic E-state index is 14.0. The van der Waals surface area contributed by atoms with Crippen LogP contribution in [0.3, 0.4) is 0 Å². The molecule has 0 radical (unpaired) electrons. The summed E-state index contributed by atoms with van der Waals surface area (Å²) >= 11 is 0. The molecule has 2 aromatic carbocycles. The van der Waals surface area contributed by atoms with Crippen LogP contribution < -0.4 is 0 Å². The van der Waals surface area contributed by atoms with Crippen LogP contribution in [0, 0.1) is 0 Å². The average molecular weight is 708 g/mol. The van der Waals surface area contributed by atoms with Gasteiger partial charge in [-0.1, -0.05) is 60.7 Å². The molecule has 16 nitrogen and oxygen atoms in total. The number of carboxylic acid groups (broad SMARTS) is 5. The molecule has 0 aliphatic heterocycles. The Bertz CT molecular complexity index is 1410. The molecule has 1 aliphatic carbocycles. The van der Waals surface area contributed by atoms with Crippen LogP contribution >= 0.6 is 7.60 Å². The number of aliphatic carboxylic acids is 5. The number of nitrogens with zero attached hydrogens (tertiary/aromatic N) is 3. The SMILES string of the molecule is O=C(O)CN(CCN(CC(=O)O)C[C@@H](OP(=O)(O)C1CCC(c2ccccc2)(c2ccccc2)CC1)N(CC(=O)O)CC(=O)O)CC(=O)O. The van der Waals surface area contributed by atoms with E-state index >= 15 is 0 Å². The number of hydrogen-bond acceptors (Lipinski definition) is 10. The first-order valence-corrected chi connectivity index (χ1v) is 17.2. The maximum absolute atomic E-state index is 14.0. The van der Waals surface area contributed by atoms with Crippen LogP contribution in [-0.2, 0) is 38.5 Å². The minimum Gasteiger partial charge on any atom is -0.480 e. The fourth-order valence-corrected chi connectivity index (χ4v) is 7.92. The summed E-state index contributed by atoms with van der Waals surface area (Å²) in [7, 11) is -4.64. The van der Waals surface area contributed by atoms with Crippen molar-refractivity contribution in [1.82, 2.24) is 14.7 Å². The molecule has 0 amide bonds. The second-order valence-corrected chi connectivity index (χ2v) is 14.1. The van der Waals surface area contributed by atoms with E-state index in [1.54, 1.807) is 0 Å². The van der Waals surface area contributed by atoms with E-state index < -0.39 is 94.0 Å². The summed E-state index contributed by atoms with van der Waals surface area (Å²) in [5.41, 5.74) is 0.683. The second kappa shape index (κ2) is 18.0. The molecule has 1 fully saturated rings. The van der Waals surface area contributed by atoms with E-state index in [9.17, 15) is 48.8 Å². The van der Waals surface area contributed by atoms with Crippen LogP contribution in [0.15, 0.2) is 60.7 Å². The number of carboxylic acids is 5. The van der Waals surface area contributed by atoms with Crippen molar-refractivity contribution in [3.63, 3.8) is 0 Å². The molecule has 0 saturated heterocycles. The van der Waals surface area contributed by atoms with Gasteiger partial charge in [0.05, 0.1) is 38.4 Å². The van der Waals surface area contributed by atoms with Crippen molar-refractivity contribution in [3.8, 4) is 0 Å². The Morgan fingerprint density at radius 3 is 1.47 bits per heavy atom. The van der Waals surface area contributed by atoms with Crippen molar-refractivity contribution in [2.24, 2.45) is 0 Å². The van der Waals surface area contributed by atoms with E-state index in [-0.39, 0.29) is 25.9 Å². The Kier molecular flexibility index (Phi) is 14.4. The minimum atomic E-state index is -4.64. The predicted molar refractivity (Wildman–Crippen MR) is 173 cm³/mol. The third-order valence-electron chi connectivity index (χ3n) is 8.50. The predicted octanol–water partition coefficient (Wildman–Crippen LogP) is 1.77. The van der Waals surface area contributed by atoms with Gasteiger partial charge in [-0.3, -0.25) is 47.8 Å². The highest BCUT2D eigenvalue weighted by molar-refractivity contribution is 7.53. The zero-order valence-electron chi connectivity index (χ0n) is 26.7. The summed E-state index contributed by atoms with van der Waals surface area (Å²) in [6, 6.07) is 19.5. The van der Waals surface area contributed by atoms with Crippen molar-refractivity contribution in [2.75, 3.05) is 52.4 Å². The lowest BCUT2D eigenvalue weighted by atomic mass is 9.65. The van der Waals surface area contributed by atoms with E-state index in [1.165, 1.54) is 0 Å². The smallest absolute Gasteiger partial charge is 0.332 e. The summed E-state index contributed by atoms with van der Waals surface area (Å²) in [5, 5.41) is 47.0. The van der Waals surface area contributed by atoms with E-state index in [0.29, 0.717) is 12.8 Å². The zero-order valence-corrected chi connectivity index (χ0v) is 27.6. The molecule has 1 saturated carbocycles. The summed E-state index contributed by atoms with van der Waals surface area (Å²) in [5.74, 6) is -7.00. The van der Waals surface area contributed by atoms with Crippen LogP contribution in [0.4, 0.5) is 0 Å². The summed E-state index contributed by atoms with van der Waals surface area (Å²) in [6.45, 7) is -5.09. The van der Waals surface area contributed by atoms with Crippen LogP contribution in [0.2, 0.25) is 0 Å². The highest BCUT2D eigenvalue weighted by atomic mass is 31.2. The Morgan fingerprint density at radius 1 is 0.673 bits per heavy atom. The first-order chi connectivity index (χ1) is 23.1.